The number of hydrogen-bond acceptors (Lipinski definition) is 2. The molecule has 0 saturated carbocycles. The number of para-hydroxylation sites is 1. The van der Waals surface area contributed by atoms with Crippen LogP contribution < -0.4 is 5.32 Å². The zero-order valence-electron chi connectivity index (χ0n) is 10.4. The quantitative estimate of drug-likeness (QED) is 0.693. The fourth-order valence-electron chi connectivity index (χ4n) is 1.90. The summed E-state index contributed by atoms with van der Waals surface area (Å²) >= 11 is 0. The lowest BCUT2D eigenvalue weighted by atomic mass is 10.1. The molecule has 2 N–H and O–H groups in total. The van der Waals surface area contributed by atoms with Crippen molar-refractivity contribution >= 4 is 5.69 Å². The Labute approximate surface area is 98.7 Å². The van der Waals surface area contributed by atoms with E-state index < -0.39 is 0 Å². The highest BCUT2D eigenvalue weighted by Crippen LogP contribution is 2.19. The first-order valence-corrected chi connectivity index (χ1v) is 6.16. The van der Waals surface area contributed by atoms with Crippen LogP contribution in [0.5, 0.6) is 0 Å². The van der Waals surface area contributed by atoms with E-state index in [-0.39, 0.29) is 0 Å². The van der Waals surface area contributed by atoms with Crippen molar-refractivity contribution in [3.63, 3.8) is 0 Å². The summed E-state index contributed by atoms with van der Waals surface area (Å²) in [6, 6.07) is 6.37. The molecule has 0 fully saturated rings. The molecule has 0 radical (unpaired) electrons. The first-order valence-electron chi connectivity index (χ1n) is 6.16. The van der Waals surface area contributed by atoms with E-state index in [1.54, 1.807) is 0 Å². The van der Waals surface area contributed by atoms with Gasteiger partial charge in [-0.25, -0.2) is 0 Å². The molecule has 0 unspecified atom stereocenters. The highest BCUT2D eigenvalue weighted by atomic mass is 16.2. The molecule has 1 rings (SSSR count). The third-order valence-electron chi connectivity index (χ3n) is 2.87. The van der Waals surface area contributed by atoms with Gasteiger partial charge >= 0.3 is 0 Å². The first-order chi connectivity index (χ1) is 7.75. The number of aliphatic hydroxyl groups is 1. The second-order valence-electron chi connectivity index (χ2n) is 4.33. The lowest BCUT2D eigenvalue weighted by Gasteiger charge is -2.12. The molecule has 1 aromatic rings. The van der Waals surface area contributed by atoms with Crippen molar-refractivity contribution in [2.75, 3.05) is 18.5 Å². The van der Waals surface area contributed by atoms with Crippen molar-refractivity contribution in [3.8, 4) is 0 Å². The number of hydrogen-bond donors (Lipinski definition) is 2. The summed E-state index contributed by atoms with van der Waals surface area (Å²) in [5.74, 6) is 0. The molecule has 0 amide bonds. The van der Waals surface area contributed by atoms with Gasteiger partial charge in [0, 0.05) is 18.8 Å². The zero-order chi connectivity index (χ0) is 11.8. The molecule has 0 aromatic heterocycles. The number of anilines is 1. The van der Waals surface area contributed by atoms with E-state index in [1.165, 1.54) is 29.7 Å². The standard InChI is InChI=1S/C14H23NO/c1-12-8-7-9-13(2)14(12)15-10-5-3-4-6-11-16/h7-9,15-16H,3-6,10-11H2,1-2H3. The van der Waals surface area contributed by atoms with Gasteiger partial charge in [-0.05, 0) is 37.8 Å². The van der Waals surface area contributed by atoms with Gasteiger partial charge in [-0.3, -0.25) is 0 Å². The third-order valence-corrected chi connectivity index (χ3v) is 2.87. The summed E-state index contributed by atoms with van der Waals surface area (Å²) in [5.41, 5.74) is 3.91. The normalized spacial score (nSPS) is 10.4. The van der Waals surface area contributed by atoms with Gasteiger partial charge in [-0.1, -0.05) is 31.0 Å². The van der Waals surface area contributed by atoms with Crippen LogP contribution in [-0.4, -0.2) is 18.3 Å². The minimum atomic E-state index is 0.324. The van der Waals surface area contributed by atoms with Crippen LogP contribution in [-0.2, 0) is 0 Å². The molecular weight excluding hydrogens is 198 g/mol. The Morgan fingerprint density at radius 3 is 2.25 bits per heavy atom. The van der Waals surface area contributed by atoms with E-state index in [1.807, 2.05) is 0 Å². The molecule has 0 aliphatic carbocycles. The average Bonchev–Trinajstić information content (AvgIpc) is 2.26. The Bertz CT molecular complexity index is 289. The molecule has 0 aliphatic heterocycles. The molecule has 0 heterocycles. The fraction of sp³-hybridized carbons (Fsp3) is 0.571. The number of benzene rings is 1. The van der Waals surface area contributed by atoms with Crippen molar-refractivity contribution in [2.24, 2.45) is 0 Å². The van der Waals surface area contributed by atoms with E-state index in [0.29, 0.717) is 6.61 Å². The van der Waals surface area contributed by atoms with Crippen LogP contribution in [0.2, 0.25) is 0 Å². The van der Waals surface area contributed by atoms with Crippen molar-refractivity contribution in [2.45, 2.75) is 39.5 Å². The maximum absolute atomic E-state index is 8.66. The molecule has 16 heavy (non-hydrogen) atoms. The van der Waals surface area contributed by atoms with Crippen LogP contribution in [0.15, 0.2) is 18.2 Å². The van der Waals surface area contributed by atoms with E-state index in [4.69, 9.17) is 5.11 Å². The Hall–Kier alpha value is -1.02. The summed E-state index contributed by atoms with van der Waals surface area (Å²) < 4.78 is 0. The average molecular weight is 221 g/mol. The molecule has 0 aliphatic rings. The summed E-state index contributed by atoms with van der Waals surface area (Å²) in [4.78, 5) is 0. The Kier molecular flexibility index (Phi) is 5.94. The van der Waals surface area contributed by atoms with Crippen molar-refractivity contribution < 1.29 is 5.11 Å². The molecule has 2 heteroatoms. The van der Waals surface area contributed by atoms with Gasteiger partial charge in [0.2, 0.25) is 0 Å². The molecular formula is C14H23NO. The molecule has 0 atom stereocenters. The lowest BCUT2D eigenvalue weighted by Crippen LogP contribution is -2.04. The summed E-state index contributed by atoms with van der Waals surface area (Å²) in [7, 11) is 0. The minimum absolute atomic E-state index is 0.324. The predicted octanol–water partition coefficient (Wildman–Crippen LogP) is 3.27. The molecule has 0 bridgehead atoms. The zero-order valence-corrected chi connectivity index (χ0v) is 10.4. The molecule has 90 valence electrons. The number of aryl methyl sites for hydroxylation is 2. The van der Waals surface area contributed by atoms with Crippen molar-refractivity contribution in [1.29, 1.82) is 0 Å². The van der Waals surface area contributed by atoms with Gasteiger partial charge in [0.15, 0.2) is 0 Å². The lowest BCUT2D eigenvalue weighted by molar-refractivity contribution is 0.283. The van der Waals surface area contributed by atoms with E-state index >= 15 is 0 Å². The maximum Gasteiger partial charge on any atom is 0.0431 e. The van der Waals surface area contributed by atoms with Crippen molar-refractivity contribution in [1.82, 2.24) is 0 Å². The van der Waals surface area contributed by atoms with Gasteiger partial charge in [-0.2, -0.15) is 0 Å². The van der Waals surface area contributed by atoms with Gasteiger partial charge in [-0.15, -0.1) is 0 Å². The van der Waals surface area contributed by atoms with Crippen LogP contribution >= 0.6 is 0 Å². The number of rotatable bonds is 7. The largest absolute Gasteiger partial charge is 0.396 e. The van der Waals surface area contributed by atoms with Crippen LogP contribution in [0.1, 0.15) is 36.8 Å². The number of unbranched alkanes of at least 4 members (excludes halogenated alkanes) is 3. The maximum atomic E-state index is 8.66. The fourth-order valence-corrected chi connectivity index (χ4v) is 1.90. The van der Waals surface area contributed by atoms with Gasteiger partial charge in [0.25, 0.3) is 0 Å². The van der Waals surface area contributed by atoms with Gasteiger partial charge in [0.05, 0.1) is 0 Å². The highest BCUT2D eigenvalue weighted by molar-refractivity contribution is 5.56. The van der Waals surface area contributed by atoms with E-state index in [0.717, 1.165) is 19.4 Å². The van der Waals surface area contributed by atoms with Gasteiger partial charge < -0.3 is 10.4 Å². The van der Waals surface area contributed by atoms with E-state index in [2.05, 4.69) is 37.4 Å². The second-order valence-corrected chi connectivity index (χ2v) is 4.33. The van der Waals surface area contributed by atoms with Crippen molar-refractivity contribution in [3.05, 3.63) is 29.3 Å². The summed E-state index contributed by atoms with van der Waals surface area (Å²) in [6.07, 6.45) is 4.43. The topological polar surface area (TPSA) is 32.3 Å². The van der Waals surface area contributed by atoms with Gasteiger partial charge in [0.1, 0.15) is 0 Å². The Morgan fingerprint density at radius 1 is 1.00 bits per heavy atom. The summed E-state index contributed by atoms with van der Waals surface area (Å²) in [6.45, 7) is 5.63. The Balaban J connectivity index is 2.26. The van der Waals surface area contributed by atoms with Crippen LogP contribution in [0, 0.1) is 13.8 Å². The smallest absolute Gasteiger partial charge is 0.0431 e. The monoisotopic (exact) mass is 221 g/mol. The first kappa shape index (κ1) is 13.0. The van der Waals surface area contributed by atoms with Crippen LogP contribution in [0.3, 0.4) is 0 Å². The van der Waals surface area contributed by atoms with E-state index in [9.17, 15) is 0 Å². The number of nitrogens with one attached hydrogen (secondary N) is 1. The SMILES string of the molecule is Cc1cccc(C)c1NCCCCCCO. The molecule has 2 nitrogen and oxygen atoms in total. The van der Waals surface area contributed by atoms with Crippen LogP contribution in [0.4, 0.5) is 5.69 Å². The molecule has 0 spiro atoms. The van der Waals surface area contributed by atoms with Crippen LogP contribution in [0.25, 0.3) is 0 Å². The second kappa shape index (κ2) is 7.29. The summed E-state index contributed by atoms with van der Waals surface area (Å²) in [5, 5.41) is 12.2. The predicted molar refractivity (Wildman–Crippen MR) is 70.0 cm³/mol. The highest BCUT2D eigenvalue weighted by Gasteiger charge is 1.99. The third kappa shape index (κ3) is 4.23. The molecule has 1 aromatic carbocycles. The minimum Gasteiger partial charge on any atom is -0.396 e. The molecule has 0 saturated heterocycles. The number of aliphatic hydroxyl groups excluding tert-OH is 1. The Morgan fingerprint density at radius 2 is 1.62 bits per heavy atom.